The first-order chi connectivity index (χ1) is 9.19. The van der Waals surface area contributed by atoms with Crippen molar-refractivity contribution in [3.05, 3.63) is 27.7 Å². The Bertz CT molecular complexity index is 479. The van der Waals surface area contributed by atoms with Crippen LogP contribution in [0.2, 0.25) is 5.02 Å². The van der Waals surface area contributed by atoms with E-state index in [-0.39, 0.29) is 5.92 Å². The molecule has 0 saturated heterocycles. The molecule has 0 aliphatic rings. The smallest absolute Gasteiger partial charge is 0.405 e. The molecule has 1 amide bonds. The van der Waals surface area contributed by atoms with Gasteiger partial charge in [-0.3, -0.25) is 0 Å². The van der Waals surface area contributed by atoms with Crippen LogP contribution in [0, 0.1) is 5.92 Å². The van der Waals surface area contributed by atoms with E-state index >= 15 is 0 Å². The molecular weight excluding hydrogens is 346 g/mol. The molecule has 1 rings (SSSR count). The molecule has 112 valence electrons. The number of hydrogen-bond donors (Lipinski definition) is 2. The van der Waals surface area contributed by atoms with Crippen LogP contribution in [0.4, 0.5) is 4.79 Å². The van der Waals surface area contributed by atoms with Crippen LogP contribution in [-0.4, -0.2) is 23.3 Å². The van der Waals surface area contributed by atoms with Gasteiger partial charge in [0.25, 0.3) is 0 Å². The largest absolute Gasteiger partial charge is 0.492 e. The SMILES string of the molecule is CC(COc1ccc(Br)cc1Cl)CC(C)(C)NC(=O)O. The quantitative estimate of drug-likeness (QED) is 0.778. The molecular formula is C14H19BrClNO3. The summed E-state index contributed by atoms with van der Waals surface area (Å²) in [6, 6.07) is 5.44. The number of benzene rings is 1. The molecule has 0 spiro atoms. The van der Waals surface area contributed by atoms with Crippen molar-refractivity contribution in [1.29, 1.82) is 0 Å². The van der Waals surface area contributed by atoms with Gasteiger partial charge in [0.2, 0.25) is 0 Å². The van der Waals surface area contributed by atoms with Gasteiger partial charge in [-0.15, -0.1) is 0 Å². The van der Waals surface area contributed by atoms with Gasteiger partial charge in [0.1, 0.15) is 5.75 Å². The molecule has 0 fully saturated rings. The summed E-state index contributed by atoms with van der Waals surface area (Å²) >= 11 is 9.40. The number of nitrogens with one attached hydrogen (secondary N) is 1. The average Bonchev–Trinajstić information content (AvgIpc) is 2.24. The standard InChI is InChI=1S/C14H19BrClNO3/c1-9(7-14(2,3)17-13(18)19)8-20-12-5-4-10(15)6-11(12)16/h4-6,9,17H,7-8H2,1-3H3,(H,18,19). The van der Waals surface area contributed by atoms with Crippen molar-refractivity contribution in [3.8, 4) is 5.75 Å². The summed E-state index contributed by atoms with van der Waals surface area (Å²) in [5.74, 6) is 0.822. The van der Waals surface area contributed by atoms with Crippen molar-refractivity contribution < 1.29 is 14.6 Å². The molecule has 1 aromatic rings. The van der Waals surface area contributed by atoms with E-state index < -0.39 is 11.6 Å². The molecule has 0 bridgehead atoms. The third-order valence-corrected chi connectivity index (χ3v) is 3.51. The first kappa shape index (κ1) is 17.1. The third kappa shape index (κ3) is 6.01. The second-order valence-electron chi connectivity index (χ2n) is 5.51. The van der Waals surface area contributed by atoms with E-state index in [0.29, 0.717) is 23.8 Å². The predicted molar refractivity (Wildman–Crippen MR) is 83.7 cm³/mol. The van der Waals surface area contributed by atoms with Crippen molar-refractivity contribution in [3.63, 3.8) is 0 Å². The van der Waals surface area contributed by atoms with Crippen LogP contribution in [0.5, 0.6) is 5.75 Å². The molecule has 20 heavy (non-hydrogen) atoms. The summed E-state index contributed by atoms with van der Waals surface area (Å²) in [6.07, 6.45) is -0.341. The summed E-state index contributed by atoms with van der Waals surface area (Å²) in [6.45, 7) is 6.19. The van der Waals surface area contributed by atoms with E-state index in [1.165, 1.54) is 0 Å². The highest BCUT2D eigenvalue weighted by atomic mass is 79.9. The number of hydrogen-bond acceptors (Lipinski definition) is 2. The van der Waals surface area contributed by atoms with Gasteiger partial charge in [-0.05, 0) is 44.4 Å². The summed E-state index contributed by atoms with van der Waals surface area (Å²) in [5, 5.41) is 11.8. The molecule has 0 radical (unpaired) electrons. The number of carbonyl (C=O) groups is 1. The lowest BCUT2D eigenvalue weighted by Crippen LogP contribution is -2.44. The zero-order chi connectivity index (χ0) is 15.3. The van der Waals surface area contributed by atoms with E-state index in [1.807, 2.05) is 26.8 Å². The number of rotatable bonds is 6. The second kappa shape index (κ2) is 7.18. The molecule has 4 nitrogen and oxygen atoms in total. The van der Waals surface area contributed by atoms with Gasteiger partial charge in [0.15, 0.2) is 0 Å². The van der Waals surface area contributed by atoms with Crippen LogP contribution < -0.4 is 10.1 Å². The van der Waals surface area contributed by atoms with Crippen molar-refractivity contribution in [2.45, 2.75) is 32.7 Å². The van der Waals surface area contributed by atoms with Crippen LogP contribution in [0.15, 0.2) is 22.7 Å². The van der Waals surface area contributed by atoms with Crippen molar-refractivity contribution in [1.82, 2.24) is 5.32 Å². The Balaban J connectivity index is 2.50. The summed E-state index contributed by atoms with van der Waals surface area (Å²) < 4.78 is 6.57. The fourth-order valence-corrected chi connectivity index (χ4v) is 2.82. The highest BCUT2D eigenvalue weighted by Gasteiger charge is 2.23. The Hall–Kier alpha value is -0.940. The van der Waals surface area contributed by atoms with Gasteiger partial charge in [-0.2, -0.15) is 0 Å². The minimum atomic E-state index is -1.01. The summed E-state index contributed by atoms with van der Waals surface area (Å²) in [5.41, 5.74) is -0.488. The van der Waals surface area contributed by atoms with E-state index in [4.69, 9.17) is 21.4 Å². The van der Waals surface area contributed by atoms with Crippen LogP contribution in [0.3, 0.4) is 0 Å². The molecule has 1 aromatic carbocycles. The molecule has 0 aliphatic heterocycles. The van der Waals surface area contributed by atoms with Crippen LogP contribution in [0.25, 0.3) is 0 Å². The number of halogens is 2. The van der Waals surface area contributed by atoms with Gasteiger partial charge in [0, 0.05) is 10.0 Å². The summed E-state index contributed by atoms with van der Waals surface area (Å²) in [4.78, 5) is 10.7. The second-order valence-corrected chi connectivity index (χ2v) is 6.83. The Morgan fingerprint density at radius 3 is 2.75 bits per heavy atom. The monoisotopic (exact) mass is 363 g/mol. The van der Waals surface area contributed by atoms with Crippen molar-refractivity contribution in [2.75, 3.05) is 6.61 Å². The fourth-order valence-electron chi connectivity index (χ4n) is 2.09. The van der Waals surface area contributed by atoms with E-state index in [2.05, 4.69) is 21.2 Å². The number of carboxylic acid groups (broad SMARTS) is 1. The van der Waals surface area contributed by atoms with Crippen molar-refractivity contribution in [2.24, 2.45) is 5.92 Å². The topological polar surface area (TPSA) is 58.6 Å². The minimum absolute atomic E-state index is 0.191. The van der Waals surface area contributed by atoms with E-state index in [9.17, 15) is 4.79 Å². The number of ether oxygens (including phenoxy) is 1. The molecule has 1 atom stereocenters. The maximum absolute atomic E-state index is 10.7. The lowest BCUT2D eigenvalue weighted by molar-refractivity contribution is 0.169. The molecule has 2 N–H and O–H groups in total. The summed E-state index contributed by atoms with van der Waals surface area (Å²) in [7, 11) is 0. The Morgan fingerprint density at radius 1 is 1.55 bits per heavy atom. The fraction of sp³-hybridized carbons (Fsp3) is 0.500. The lowest BCUT2D eigenvalue weighted by Gasteiger charge is -2.28. The van der Waals surface area contributed by atoms with E-state index in [1.54, 1.807) is 12.1 Å². The highest BCUT2D eigenvalue weighted by molar-refractivity contribution is 9.10. The van der Waals surface area contributed by atoms with Crippen LogP contribution >= 0.6 is 27.5 Å². The average molecular weight is 365 g/mol. The van der Waals surface area contributed by atoms with Crippen molar-refractivity contribution >= 4 is 33.6 Å². The highest BCUT2D eigenvalue weighted by Crippen LogP contribution is 2.28. The molecule has 0 aliphatic carbocycles. The Kier molecular flexibility index (Phi) is 6.14. The van der Waals surface area contributed by atoms with Crippen LogP contribution in [-0.2, 0) is 0 Å². The Morgan fingerprint density at radius 2 is 2.20 bits per heavy atom. The predicted octanol–water partition coefficient (Wildman–Crippen LogP) is 4.55. The molecule has 0 aromatic heterocycles. The zero-order valence-electron chi connectivity index (χ0n) is 11.7. The van der Waals surface area contributed by atoms with Gasteiger partial charge in [0.05, 0.1) is 11.6 Å². The maximum atomic E-state index is 10.7. The molecule has 1 unspecified atom stereocenters. The molecule has 6 heteroatoms. The minimum Gasteiger partial charge on any atom is -0.492 e. The maximum Gasteiger partial charge on any atom is 0.405 e. The first-order valence-electron chi connectivity index (χ1n) is 6.28. The third-order valence-electron chi connectivity index (χ3n) is 2.72. The molecule has 0 saturated carbocycles. The van der Waals surface area contributed by atoms with Gasteiger partial charge >= 0.3 is 6.09 Å². The Labute approximate surface area is 132 Å². The zero-order valence-corrected chi connectivity index (χ0v) is 14.1. The van der Waals surface area contributed by atoms with Gasteiger partial charge < -0.3 is 15.2 Å². The normalized spacial score (nSPS) is 12.8. The van der Waals surface area contributed by atoms with Gasteiger partial charge in [-0.1, -0.05) is 34.5 Å². The lowest BCUT2D eigenvalue weighted by atomic mass is 9.92. The van der Waals surface area contributed by atoms with Gasteiger partial charge in [-0.25, -0.2) is 4.79 Å². The molecule has 0 heterocycles. The number of amides is 1. The first-order valence-corrected chi connectivity index (χ1v) is 7.45. The van der Waals surface area contributed by atoms with E-state index in [0.717, 1.165) is 4.47 Å². The van der Waals surface area contributed by atoms with Crippen LogP contribution in [0.1, 0.15) is 27.2 Å².